The third kappa shape index (κ3) is 2.17. The molecule has 0 aliphatic rings. The van der Waals surface area contributed by atoms with Crippen molar-refractivity contribution in [1.29, 1.82) is 0 Å². The molecule has 98 valence electrons. The van der Waals surface area contributed by atoms with Gasteiger partial charge in [-0.1, -0.05) is 30.9 Å². The van der Waals surface area contributed by atoms with Crippen LogP contribution in [0.5, 0.6) is 0 Å². The molecular formula is C13H11NO4S. The predicted octanol–water partition coefficient (Wildman–Crippen LogP) is 2.07. The number of benzene rings is 1. The van der Waals surface area contributed by atoms with Gasteiger partial charge in [0.05, 0.1) is 4.90 Å². The Labute approximate surface area is 110 Å². The van der Waals surface area contributed by atoms with Gasteiger partial charge in [0, 0.05) is 11.8 Å². The van der Waals surface area contributed by atoms with E-state index in [9.17, 15) is 13.2 Å². The number of aromatic nitrogens is 1. The van der Waals surface area contributed by atoms with Gasteiger partial charge in [0.2, 0.25) is 0 Å². The molecule has 19 heavy (non-hydrogen) atoms. The van der Waals surface area contributed by atoms with Gasteiger partial charge in [-0.25, -0.2) is 17.2 Å². The first-order chi connectivity index (χ1) is 8.98. The molecule has 0 saturated carbocycles. The summed E-state index contributed by atoms with van der Waals surface area (Å²) in [7, 11) is -3.92. The minimum Gasteiger partial charge on any atom is -0.477 e. The van der Waals surface area contributed by atoms with Crippen molar-refractivity contribution in [3.8, 4) is 0 Å². The second kappa shape index (κ2) is 4.74. The summed E-state index contributed by atoms with van der Waals surface area (Å²) >= 11 is 0. The molecular weight excluding hydrogens is 266 g/mol. The highest BCUT2D eigenvalue weighted by Gasteiger charge is 2.24. The minimum absolute atomic E-state index is 0.0312. The lowest BCUT2D eigenvalue weighted by Crippen LogP contribution is -2.18. The fraction of sp³-hybridized carbons (Fsp3) is 0. The molecule has 1 aromatic carbocycles. The quantitative estimate of drug-likeness (QED) is 0.928. The molecule has 0 amide bonds. The van der Waals surface area contributed by atoms with Gasteiger partial charge < -0.3 is 5.11 Å². The lowest BCUT2D eigenvalue weighted by atomic mass is 10.2. The first kappa shape index (κ1) is 13.1. The number of hydrogen-bond donors (Lipinski definition) is 1. The number of carboxylic acid groups (broad SMARTS) is 1. The maximum Gasteiger partial charge on any atom is 0.354 e. The zero-order chi connectivity index (χ0) is 14.0. The molecule has 1 N–H and O–H groups in total. The molecule has 0 saturated heterocycles. The Kier molecular flexibility index (Phi) is 3.26. The van der Waals surface area contributed by atoms with E-state index in [0.717, 1.165) is 3.97 Å². The molecule has 0 fully saturated rings. The first-order valence-electron chi connectivity index (χ1n) is 5.36. The molecule has 0 bridgehead atoms. The Bertz CT molecular complexity index is 729. The number of hydrogen-bond acceptors (Lipinski definition) is 3. The van der Waals surface area contributed by atoms with Crippen molar-refractivity contribution >= 4 is 22.1 Å². The summed E-state index contributed by atoms with van der Waals surface area (Å²) in [5.41, 5.74) is -0.0640. The van der Waals surface area contributed by atoms with Gasteiger partial charge in [0.1, 0.15) is 5.69 Å². The molecule has 2 rings (SSSR count). The Hall–Kier alpha value is -2.34. The monoisotopic (exact) mass is 277 g/mol. The van der Waals surface area contributed by atoms with Crippen LogP contribution in [0.4, 0.5) is 0 Å². The van der Waals surface area contributed by atoms with Crippen molar-refractivity contribution in [1.82, 2.24) is 3.97 Å². The maximum atomic E-state index is 12.4. The average molecular weight is 277 g/mol. The molecule has 0 atom stereocenters. The second-order valence-corrected chi connectivity index (χ2v) is 5.56. The molecule has 0 radical (unpaired) electrons. The van der Waals surface area contributed by atoms with Crippen LogP contribution in [0.15, 0.2) is 54.1 Å². The Morgan fingerprint density at radius 1 is 1.21 bits per heavy atom. The fourth-order valence-corrected chi connectivity index (χ4v) is 3.09. The van der Waals surface area contributed by atoms with E-state index < -0.39 is 16.0 Å². The average Bonchev–Trinajstić information content (AvgIpc) is 2.84. The van der Waals surface area contributed by atoms with Crippen LogP contribution in [0, 0.1) is 0 Å². The van der Waals surface area contributed by atoms with Gasteiger partial charge in [-0.2, -0.15) is 0 Å². The number of carboxylic acids is 1. The van der Waals surface area contributed by atoms with Crippen molar-refractivity contribution in [3.63, 3.8) is 0 Å². The number of carbonyl (C=O) groups is 1. The van der Waals surface area contributed by atoms with Crippen molar-refractivity contribution in [2.75, 3.05) is 0 Å². The SMILES string of the molecule is C=Cc1ccn(S(=O)(=O)c2ccccc2)c1C(=O)O. The summed E-state index contributed by atoms with van der Waals surface area (Å²) < 4.78 is 25.5. The van der Waals surface area contributed by atoms with Gasteiger partial charge in [-0.05, 0) is 18.2 Å². The van der Waals surface area contributed by atoms with Gasteiger partial charge >= 0.3 is 5.97 Å². The van der Waals surface area contributed by atoms with Gasteiger partial charge in [-0.15, -0.1) is 0 Å². The van der Waals surface area contributed by atoms with Gasteiger partial charge in [0.25, 0.3) is 10.0 Å². The van der Waals surface area contributed by atoms with Crippen LogP contribution in [-0.2, 0) is 10.0 Å². The van der Waals surface area contributed by atoms with Crippen molar-refractivity contribution in [2.45, 2.75) is 4.90 Å². The van der Waals surface area contributed by atoms with E-state index >= 15 is 0 Å². The largest absolute Gasteiger partial charge is 0.477 e. The second-order valence-electron chi connectivity index (χ2n) is 3.74. The fourth-order valence-electron chi connectivity index (χ4n) is 1.72. The number of aromatic carboxylic acids is 1. The van der Waals surface area contributed by atoms with Crippen LogP contribution >= 0.6 is 0 Å². The van der Waals surface area contributed by atoms with Crippen LogP contribution in [0.1, 0.15) is 16.1 Å². The van der Waals surface area contributed by atoms with Crippen LogP contribution < -0.4 is 0 Å². The Morgan fingerprint density at radius 3 is 2.37 bits per heavy atom. The topological polar surface area (TPSA) is 76.4 Å². The zero-order valence-electron chi connectivity index (χ0n) is 9.85. The molecule has 0 unspecified atom stereocenters. The third-order valence-electron chi connectivity index (χ3n) is 2.61. The van der Waals surface area contributed by atoms with Gasteiger partial charge in [-0.3, -0.25) is 0 Å². The normalized spacial score (nSPS) is 11.2. The molecule has 0 spiro atoms. The summed E-state index contributed by atoms with van der Waals surface area (Å²) in [5, 5.41) is 9.14. The third-order valence-corrected chi connectivity index (χ3v) is 4.30. The van der Waals surface area contributed by atoms with Crippen LogP contribution in [0.3, 0.4) is 0 Å². The molecule has 1 heterocycles. The predicted molar refractivity (Wildman–Crippen MR) is 70.5 cm³/mol. The number of rotatable bonds is 4. The highest BCUT2D eigenvalue weighted by atomic mass is 32.2. The van der Waals surface area contributed by atoms with E-state index in [1.807, 2.05) is 0 Å². The van der Waals surface area contributed by atoms with Crippen LogP contribution in [0.2, 0.25) is 0 Å². The molecule has 6 heteroatoms. The lowest BCUT2D eigenvalue weighted by molar-refractivity contribution is 0.0689. The summed E-state index contributed by atoms with van der Waals surface area (Å²) in [5.74, 6) is -1.32. The summed E-state index contributed by atoms with van der Waals surface area (Å²) in [6, 6.07) is 9.05. The van der Waals surface area contributed by atoms with Crippen molar-refractivity contribution in [2.24, 2.45) is 0 Å². The molecule has 0 aliphatic carbocycles. The first-order valence-corrected chi connectivity index (χ1v) is 6.80. The minimum atomic E-state index is -3.92. The van der Waals surface area contributed by atoms with Crippen molar-refractivity contribution < 1.29 is 18.3 Å². The van der Waals surface area contributed by atoms with E-state index in [4.69, 9.17) is 5.11 Å². The zero-order valence-corrected chi connectivity index (χ0v) is 10.7. The molecule has 2 aromatic rings. The van der Waals surface area contributed by atoms with E-state index in [1.165, 1.54) is 30.5 Å². The van der Waals surface area contributed by atoms with Crippen LogP contribution in [0.25, 0.3) is 6.08 Å². The summed E-state index contributed by atoms with van der Waals surface area (Å²) in [4.78, 5) is 11.2. The molecule has 0 aliphatic heterocycles. The van der Waals surface area contributed by atoms with E-state index in [0.29, 0.717) is 0 Å². The highest BCUT2D eigenvalue weighted by Crippen LogP contribution is 2.20. The summed E-state index contributed by atoms with van der Waals surface area (Å²) in [6.45, 7) is 3.47. The Morgan fingerprint density at radius 2 is 1.84 bits per heavy atom. The van der Waals surface area contributed by atoms with Crippen LogP contribution in [-0.4, -0.2) is 23.5 Å². The standard InChI is InChI=1S/C13H11NO4S/c1-2-10-8-9-14(12(10)13(15)16)19(17,18)11-6-4-3-5-7-11/h2-9H,1H2,(H,15,16). The number of nitrogens with zero attached hydrogens (tertiary/aromatic N) is 1. The van der Waals surface area contributed by atoms with E-state index in [-0.39, 0.29) is 16.2 Å². The smallest absolute Gasteiger partial charge is 0.354 e. The van der Waals surface area contributed by atoms with E-state index in [2.05, 4.69) is 6.58 Å². The van der Waals surface area contributed by atoms with Gasteiger partial charge in [0.15, 0.2) is 0 Å². The highest BCUT2D eigenvalue weighted by molar-refractivity contribution is 7.90. The summed E-state index contributed by atoms with van der Waals surface area (Å²) in [6.07, 6.45) is 2.52. The molecule has 1 aromatic heterocycles. The Balaban J connectivity index is 2.69. The lowest BCUT2D eigenvalue weighted by Gasteiger charge is -2.08. The maximum absolute atomic E-state index is 12.4. The molecule has 5 nitrogen and oxygen atoms in total. The van der Waals surface area contributed by atoms with E-state index in [1.54, 1.807) is 18.2 Å². The van der Waals surface area contributed by atoms with Crippen molar-refractivity contribution in [3.05, 3.63) is 60.4 Å².